The minimum absolute atomic E-state index is 0. The number of aryl methyl sites for hydroxylation is 2. The summed E-state index contributed by atoms with van der Waals surface area (Å²) >= 11 is 19.6. The third-order valence-electron chi connectivity index (χ3n) is 5.31. The van der Waals surface area contributed by atoms with Crippen LogP contribution >= 0.6 is 0 Å². The number of para-hydroxylation sites is 4. The Balaban J connectivity index is 0.000000160. The Morgan fingerprint density at radius 3 is 0.897 bits per heavy atom. The third kappa shape index (κ3) is 8.39. The van der Waals surface area contributed by atoms with E-state index in [2.05, 4.69) is 69.0 Å². The maximum absolute atomic E-state index is 4.90. The summed E-state index contributed by atoms with van der Waals surface area (Å²) in [5.74, 6) is 0. The summed E-state index contributed by atoms with van der Waals surface area (Å²) in [6.07, 6.45) is 8.23. The van der Waals surface area contributed by atoms with Crippen LogP contribution in [0.1, 0.15) is 0 Å². The number of benzene rings is 2. The summed E-state index contributed by atoms with van der Waals surface area (Å²) < 4.78 is 4.07. The van der Waals surface area contributed by atoms with Crippen LogP contribution in [0.4, 0.5) is 0 Å². The van der Waals surface area contributed by atoms with Gasteiger partial charge in [0.2, 0.25) is 0 Å². The molecule has 0 unspecified atom stereocenters. The van der Waals surface area contributed by atoms with Crippen LogP contribution in [0.5, 0.6) is 0 Å². The summed E-state index contributed by atoms with van der Waals surface area (Å²) in [5.41, 5.74) is 5.71. The van der Waals surface area contributed by atoms with Gasteiger partial charge in [-0.05, 0) is 35.4 Å². The minimum atomic E-state index is 0. The molecule has 0 radical (unpaired) electrons. The van der Waals surface area contributed by atoms with Crippen molar-refractivity contribution in [2.24, 2.45) is 14.1 Å². The van der Waals surface area contributed by atoms with Crippen LogP contribution in [0.2, 0.25) is 0 Å². The number of fused-ring (bicyclic) bond motifs is 2. The van der Waals surface area contributed by atoms with Gasteiger partial charge in [0, 0.05) is 40.8 Å². The fourth-order valence-corrected chi connectivity index (χ4v) is 3.90. The van der Waals surface area contributed by atoms with Crippen LogP contribution in [0.3, 0.4) is 0 Å². The summed E-state index contributed by atoms with van der Waals surface area (Å²) in [6, 6.07) is 23.5. The fraction of sp³-hybridized carbons (Fsp3) is 0.0714. The van der Waals surface area contributed by atoms with Crippen LogP contribution in [-0.2, 0) is 81.1 Å². The zero-order chi connectivity index (χ0) is 27.1. The molecule has 0 bridgehead atoms. The standard InChI is InChI=1S/C12H14N2.2C8H6N2S2.Ni/c1-13-7-3-11(4-8-13)12-5-9-14(2)10-6-12;2*11-7-8(12)10-6-4-2-1-3-5(6)9-7;/h3-10H,1-2H3;2*1-4H,(H,9,11)(H,10,12);/q+2;;;/p-4. The molecule has 0 fully saturated rings. The van der Waals surface area contributed by atoms with Crippen molar-refractivity contribution >= 4 is 72.6 Å². The van der Waals surface area contributed by atoms with E-state index in [1.54, 1.807) is 0 Å². The van der Waals surface area contributed by atoms with Crippen molar-refractivity contribution in [3.05, 3.63) is 97.6 Å². The van der Waals surface area contributed by atoms with Gasteiger partial charge in [0.25, 0.3) is 0 Å². The number of hydrogen-bond acceptors (Lipinski definition) is 8. The molecule has 11 heteroatoms. The SMILES string of the molecule is C[n+]1ccc(-c2cc[n+](C)cc2)cc1.[Ni].[S-]c1nc2ccccc2nc1[S-].[S-]c1nc2ccccc2nc1[S-]. The Bertz CT molecular complexity index is 1480. The van der Waals surface area contributed by atoms with Crippen molar-refractivity contribution in [3.63, 3.8) is 0 Å². The Morgan fingerprint density at radius 2 is 0.667 bits per heavy atom. The zero-order valence-corrected chi connectivity index (χ0v) is 25.1. The van der Waals surface area contributed by atoms with Gasteiger partial charge >= 0.3 is 0 Å². The van der Waals surface area contributed by atoms with Gasteiger partial charge in [-0.1, -0.05) is 44.4 Å². The van der Waals surface area contributed by atoms with Gasteiger partial charge in [-0.25, -0.2) is 9.13 Å². The Morgan fingerprint density at radius 1 is 0.436 bits per heavy atom. The van der Waals surface area contributed by atoms with Crippen LogP contribution < -0.4 is 9.13 Å². The molecule has 4 heterocycles. The molecular formula is C28H22N6NiS4-2. The largest absolute Gasteiger partial charge is 0.760 e. The summed E-state index contributed by atoms with van der Waals surface area (Å²) in [6.45, 7) is 0. The molecule has 200 valence electrons. The Hall–Kier alpha value is -3.21. The van der Waals surface area contributed by atoms with E-state index in [1.165, 1.54) is 11.1 Å². The minimum Gasteiger partial charge on any atom is -0.760 e. The fourth-order valence-electron chi connectivity index (χ4n) is 3.32. The monoisotopic (exact) mass is 628 g/mol. The quantitative estimate of drug-likeness (QED) is 0.155. The molecule has 0 aliphatic heterocycles. The molecule has 0 aliphatic rings. The average molecular weight is 629 g/mol. The maximum atomic E-state index is 4.90. The van der Waals surface area contributed by atoms with E-state index in [4.69, 9.17) is 50.5 Å². The van der Waals surface area contributed by atoms with Gasteiger partial charge in [0.15, 0.2) is 24.8 Å². The van der Waals surface area contributed by atoms with E-state index in [1.807, 2.05) is 71.8 Å². The number of rotatable bonds is 1. The topological polar surface area (TPSA) is 59.3 Å². The predicted molar refractivity (Wildman–Crippen MR) is 156 cm³/mol. The molecule has 6 nitrogen and oxygen atoms in total. The van der Waals surface area contributed by atoms with Crippen LogP contribution in [0.25, 0.3) is 33.2 Å². The predicted octanol–water partition coefficient (Wildman–Crippen LogP) is 3.88. The van der Waals surface area contributed by atoms with E-state index in [0.717, 1.165) is 22.1 Å². The number of aromatic nitrogens is 6. The normalized spacial score (nSPS) is 10.0. The van der Waals surface area contributed by atoms with Gasteiger partial charge in [-0.2, -0.15) is 0 Å². The van der Waals surface area contributed by atoms with Gasteiger partial charge in [0.05, 0.1) is 22.1 Å². The molecule has 0 N–H and O–H groups in total. The molecule has 6 rings (SSSR count). The van der Waals surface area contributed by atoms with Gasteiger partial charge < -0.3 is 50.5 Å². The molecular weight excluding hydrogens is 607 g/mol. The molecule has 6 aromatic rings. The number of pyridine rings is 2. The molecule has 39 heavy (non-hydrogen) atoms. The van der Waals surface area contributed by atoms with E-state index >= 15 is 0 Å². The van der Waals surface area contributed by atoms with E-state index < -0.39 is 0 Å². The summed E-state index contributed by atoms with van der Waals surface area (Å²) in [5, 5.41) is 1.62. The van der Waals surface area contributed by atoms with Gasteiger partial charge in [0.1, 0.15) is 14.1 Å². The van der Waals surface area contributed by atoms with Crippen molar-refractivity contribution in [3.8, 4) is 11.1 Å². The second kappa shape index (κ2) is 14.3. The summed E-state index contributed by atoms with van der Waals surface area (Å²) in [7, 11) is 4.05. The molecule has 4 aromatic heterocycles. The van der Waals surface area contributed by atoms with E-state index in [-0.39, 0.29) is 16.5 Å². The smallest absolute Gasteiger partial charge is 0.169 e. The van der Waals surface area contributed by atoms with Crippen molar-refractivity contribution in [2.45, 2.75) is 20.1 Å². The van der Waals surface area contributed by atoms with Gasteiger partial charge in [-0.3, -0.25) is 19.9 Å². The first-order valence-corrected chi connectivity index (χ1v) is 13.1. The first-order valence-electron chi connectivity index (χ1n) is 11.4. The van der Waals surface area contributed by atoms with E-state index in [9.17, 15) is 0 Å². The van der Waals surface area contributed by atoms with Crippen LogP contribution in [0, 0.1) is 0 Å². The van der Waals surface area contributed by atoms with Crippen molar-refractivity contribution in [1.29, 1.82) is 0 Å². The molecule has 0 saturated heterocycles. The molecule has 0 spiro atoms. The summed E-state index contributed by atoms with van der Waals surface area (Å²) in [4.78, 5) is 16.5. The second-order valence-electron chi connectivity index (χ2n) is 8.15. The van der Waals surface area contributed by atoms with E-state index in [0.29, 0.717) is 20.1 Å². The number of hydrogen-bond donors (Lipinski definition) is 0. The van der Waals surface area contributed by atoms with Crippen molar-refractivity contribution in [1.82, 2.24) is 19.9 Å². The van der Waals surface area contributed by atoms with Crippen molar-refractivity contribution in [2.75, 3.05) is 0 Å². The van der Waals surface area contributed by atoms with Crippen LogP contribution in [-0.4, -0.2) is 19.9 Å². The molecule has 0 aliphatic carbocycles. The Labute approximate surface area is 259 Å². The first kappa shape index (κ1) is 30.3. The second-order valence-corrected chi connectivity index (χ2v) is 9.70. The zero-order valence-electron chi connectivity index (χ0n) is 20.9. The molecule has 0 atom stereocenters. The third-order valence-corrected chi connectivity index (χ3v) is 6.70. The Kier molecular flexibility index (Phi) is 11.1. The molecule has 2 aromatic carbocycles. The number of nitrogens with zero attached hydrogens (tertiary/aromatic N) is 6. The van der Waals surface area contributed by atoms with Gasteiger partial charge in [-0.15, -0.1) is 0 Å². The van der Waals surface area contributed by atoms with Crippen molar-refractivity contribution < 1.29 is 25.6 Å². The molecule has 0 amide bonds. The molecule has 0 saturated carbocycles. The first-order chi connectivity index (χ1) is 18.3. The maximum Gasteiger partial charge on any atom is 0.169 e. The van der Waals surface area contributed by atoms with Crippen LogP contribution in [0.15, 0.2) is 118 Å². The average Bonchev–Trinajstić information content (AvgIpc) is 2.92.